The van der Waals surface area contributed by atoms with Crippen LogP contribution in [0.2, 0.25) is 0 Å². The maximum atomic E-state index is 11.0. The number of hydrogen-bond donors (Lipinski definition) is 1. The Hall–Kier alpha value is -2.20. The number of aliphatic hydroxyl groups excluding tert-OH is 1. The molecule has 1 atom stereocenters. The molecule has 0 heterocycles. The standard InChI is InChI=1S/C16H17NO3/c1-10-4-7-14(12(3)8-10)16(18)13-6-5-11(2)15(9-13)17(19)20/h4-9,16,18H,1-3H3/t16-/m1/s1. The van der Waals surface area contributed by atoms with Crippen LogP contribution in [0.15, 0.2) is 36.4 Å². The van der Waals surface area contributed by atoms with Crippen molar-refractivity contribution in [3.05, 3.63) is 74.3 Å². The van der Waals surface area contributed by atoms with Gasteiger partial charge in [0.05, 0.1) is 4.92 Å². The van der Waals surface area contributed by atoms with E-state index in [1.165, 1.54) is 6.07 Å². The van der Waals surface area contributed by atoms with Crippen molar-refractivity contribution in [2.75, 3.05) is 0 Å². The van der Waals surface area contributed by atoms with Gasteiger partial charge in [-0.3, -0.25) is 10.1 Å². The third-order valence-corrected chi connectivity index (χ3v) is 3.47. The summed E-state index contributed by atoms with van der Waals surface area (Å²) >= 11 is 0. The maximum absolute atomic E-state index is 11.0. The van der Waals surface area contributed by atoms with E-state index in [1.54, 1.807) is 19.1 Å². The van der Waals surface area contributed by atoms with E-state index < -0.39 is 11.0 Å². The van der Waals surface area contributed by atoms with Gasteiger partial charge in [0.2, 0.25) is 0 Å². The normalized spacial score (nSPS) is 12.2. The van der Waals surface area contributed by atoms with E-state index in [-0.39, 0.29) is 5.69 Å². The number of aryl methyl sites for hydroxylation is 3. The van der Waals surface area contributed by atoms with Crippen LogP contribution in [-0.2, 0) is 0 Å². The Morgan fingerprint density at radius 1 is 1.05 bits per heavy atom. The molecule has 4 nitrogen and oxygen atoms in total. The molecule has 0 spiro atoms. The molecule has 0 bridgehead atoms. The molecule has 2 aromatic rings. The third-order valence-electron chi connectivity index (χ3n) is 3.47. The van der Waals surface area contributed by atoms with Gasteiger partial charge in [-0.05, 0) is 37.5 Å². The molecule has 0 aliphatic rings. The molecule has 1 N–H and O–H groups in total. The van der Waals surface area contributed by atoms with Gasteiger partial charge in [-0.2, -0.15) is 0 Å². The molecule has 2 aromatic carbocycles. The van der Waals surface area contributed by atoms with Gasteiger partial charge in [-0.1, -0.05) is 35.9 Å². The predicted molar refractivity (Wildman–Crippen MR) is 77.8 cm³/mol. The van der Waals surface area contributed by atoms with Gasteiger partial charge in [0.1, 0.15) is 6.10 Å². The molecule has 0 fully saturated rings. The van der Waals surface area contributed by atoms with E-state index in [9.17, 15) is 15.2 Å². The monoisotopic (exact) mass is 271 g/mol. The molecule has 0 aromatic heterocycles. The second kappa shape index (κ2) is 5.43. The molecule has 0 amide bonds. The minimum Gasteiger partial charge on any atom is -0.384 e. The number of hydrogen-bond acceptors (Lipinski definition) is 3. The van der Waals surface area contributed by atoms with Crippen molar-refractivity contribution in [2.24, 2.45) is 0 Å². The second-order valence-electron chi connectivity index (χ2n) is 5.07. The number of aliphatic hydroxyl groups is 1. The zero-order valence-corrected chi connectivity index (χ0v) is 11.8. The SMILES string of the molecule is Cc1ccc([C@H](O)c2ccc(C)c([N+](=O)[O-])c2)c(C)c1. The van der Waals surface area contributed by atoms with E-state index in [4.69, 9.17) is 0 Å². The lowest BCUT2D eigenvalue weighted by atomic mass is 9.95. The van der Waals surface area contributed by atoms with Crippen LogP contribution < -0.4 is 0 Å². The Morgan fingerprint density at radius 3 is 2.35 bits per heavy atom. The summed E-state index contributed by atoms with van der Waals surface area (Å²) < 4.78 is 0. The van der Waals surface area contributed by atoms with Gasteiger partial charge in [-0.25, -0.2) is 0 Å². The van der Waals surface area contributed by atoms with Gasteiger partial charge in [0, 0.05) is 11.6 Å². The molecular formula is C16H17NO3. The van der Waals surface area contributed by atoms with Gasteiger partial charge in [0.25, 0.3) is 5.69 Å². The minimum atomic E-state index is -0.852. The number of nitro benzene ring substituents is 1. The molecule has 0 aliphatic carbocycles. The fourth-order valence-electron chi connectivity index (χ4n) is 2.31. The van der Waals surface area contributed by atoms with Gasteiger partial charge in [0.15, 0.2) is 0 Å². The first-order chi connectivity index (χ1) is 9.40. The van der Waals surface area contributed by atoms with Gasteiger partial charge < -0.3 is 5.11 Å². The summed E-state index contributed by atoms with van der Waals surface area (Å²) in [6, 6.07) is 10.6. The molecule has 2 rings (SSSR count). The van der Waals surface area contributed by atoms with Gasteiger partial charge >= 0.3 is 0 Å². The molecular weight excluding hydrogens is 254 g/mol. The lowest BCUT2D eigenvalue weighted by Crippen LogP contribution is -2.03. The highest BCUT2D eigenvalue weighted by atomic mass is 16.6. The number of benzene rings is 2. The quantitative estimate of drug-likeness (QED) is 0.685. The summed E-state index contributed by atoms with van der Waals surface area (Å²) in [5.74, 6) is 0. The van der Waals surface area contributed by atoms with E-state index in [2.05, 4.69) is 0 Å². The van der Waals surface area contributed by atoms with E-state index in [1.807, 2.05) is 32.0 Å². The van der Waals surface area contributed by atoms with Crippen LogP contribution in [0.5, 0.6) is 0 Å². The topological polar surface area (TPSA) is 63.4 Å². The summed E-state index contributed by atoms with van der Waals surface area (Å²) in [6.45, 7) is 5.60. The molecule has 0 radical (unpaired) electrons. The molecule has 4 heteroatoms. The first-order valence-corrected chi connectivity index (χ1v) is 6.40. The second-order valence-corrected chi connectivity index (χ2v) is 5.07. The van der Waals surface area contributed by atoms with Crippen molar-refractivity contribution >= 4 is 5.69 Å². The molecule has 104 valence electrons. The lowest BCUT2D eigenvalue weighted by Gasteiger charge is -2.15. The first-order valence-electron chi connectivity index (χ1n) is 6.40. The molecule has 0 saturated heterocycles. The fraction of sp³-hybridized carbons (Fsp3) is 0.250. The minimum absolute atomic E-state index is 0.0336. The number of nitrogens with zero attached hydrogens (tertiary/aromatic N) is 1. The zero-order valence-electron chi connectivity index (χ0n) is 11.8. The van der Waals surface area contributed by atoms with Crippen LogP contribution in [-0.4, -0.2) is 10.0 Å². The van der Waals surface area contributed by atoms with Crippen LogP contribution in [0.3, 0.4) is 0 Å². The summed E-state index contributed by atoms with van der Waals surface area (Å²) in [5.41, 5.74) is 4.02. The van der Waals surface area contributed by atoms with Crippen molar-refractivity contribution in [3.8, 4) is 0 Å². The molecule has 0 unspecified atom stereocenters. The lowest BCUT2D eigenvalue weighted by molar-refractivity contribution is -0.385. The van der Waals surface area contributed by atoms with Crippen molar-refractivity contribution in [2.45, 2.75) is 26.9 Å². The summed E-state index contributed by atoms with van der Waals surface area (Å²) in [4.78, 5) is 10.5. The summed E-state index contributed by atoms with van der Waals surface area (Å²) in [6.07, 6.45) is -0.852. The van der Waals surface area contributed by atoms with Gasteiger partial charge in [-0.15, -0.1) is 0 Å². The Kier molecular flexibility index (Phi) is 3.86. The Morgan fingerprint density at radius 2 is 1.75 bits per heavy atom. The summed E-state index contributed by atoms with van der Waals surface area (Å²) in [7, 11) is 0. The highest BCUT2D eigenvalue weighted by molar-refractivity contribution is 5.46. The predicted octanol–water partition coefficient (Wildman–Crippen LogP) is 3.60. The largest absolute Gasteiger partial charge is 0.384 e. The zero-order chi connectivity index (χ0) is 14.9. The summed E-state index contributed by atoms with van der Waals surface area (Å²) in [5, 5.41) is 21.4. The Labute approximate surface area is 117 Å². The number of rotatable bonds is 3. The average molecular weight is 271 g/mol. The third kappa shape index (κ3) is 2.70. The van der Waals surface area contributed by atoms with E-state index >= 15 is 0 Å². The Bertz CT molecular complexity index is 665. The van der Waals surface area contributed by atoms with E-state index in [0.717, 1.165) is 16.7 Å². The van der Waals surface area contributed by atoms with Crippen LogP contribution in [0.4, 0.5) is 5.69 Å². The van der Waals surface area contributed by atoms with Crippen LogP contribution in [0, 0.1) is 30.9 Å². The highest BCUT2D eigenvalue weighted by Crippen LogP contribution is 2.29. The average Bonchev–Trinajstić information content (AvgIpc) is 2.38. The smallest absolute Gasteiger partial charge is 0.272 e. The fourth-order valence-corrected chi connectivity index (χ4v) is 2.31. The Balaban J connectivity index is 2.45. The maximum Gasteiger partial charge on any atom is 0.272 e. The van der Waals surface area contributed by atoms with Crippen molar-refractivity contribution in [1.82, 2.24) is 0 Å². The van der Waals surface area contributed by atoms with Crippen LogP contribution in [0.1, 0.15) is 33.9 Å². The van der Waals surface area contributed by atoms with Crippen molar-refractivity contribution < 1.29 is 10.0 Å². The van der Waals surface area contributed by atoms with Crippen molar-refractivity contribution in [1.29, 1.82) is 0 Å². The number of nitro groups is 1. The molecule has 20 heavy (non-hydrogen) atoms. The first kappa shape index (κ1) is 14.2. The molecule has 0 aliphatic heterocycles. The van der Waals surface area contributed by atoms with Crippen molar-refractivity contribution in [3.63, 3.8) is 0 Å². The van der Waals surface area contributed by atoms with Crippen LogP contribution >= 0.6 is 0 Å². The van der Waals surface area contributed by atoms with Crippen LogP contribution in [0.25, 0.3) is 0 Å². The van der Waals surface area contributed by atoms with E-state index in [0.29, 0.717) is 11.1 Å². The molecule has 0 saturated carbocycles. The highest BCUT2D eigenvalue weighted by Gasteiger charge is 2.18.